The Bertz CT molecular complexity index is 1120. The fourth-order valence-electron chi connectivity index (χ4n) is 4.00. The van der Waals surface area contributed by atoms with Gasteiger partial charge in [0.2, 0.25) is 5.89 Å². The minimum Gasteiger partial charge on any atom is -0.441 e. The molecule has 5 nitrogen and oxygen atoms in total. The third kappa shape index (κ3) is 4.74. The number of nitrogens with zero attached hydrogens (tertiary/aromatic N) is 2. The Balaban J connectivity index is 1.26. The number of hydrogen-bond acceptors (Lipinski definition) is 5. The van der Waals surface area contributed by atoms with Gasteiger partial charge in [-0.05, 0) is 62.2 Å². The maximum atomic E-state index is 14.3. The number of halogens is 1. The van der Waals surface area contributed by atoms with Gasteiger partial charge in [-0.25, -0.2) is 9.37 Å². The minimum atomic E-state index is -0.268. The molecule has 0 radical (unpaired) electrons. The zero-order valence-electron chi connectivity index (χ0n) is 18.1. The Labute approximate surface area is 191 Å². The SMILES string of the molecule is Cc1oc(-c2ccc(NC(=O)c3ccc(F)c(CN4CCSCC4)c3)cc2)nc1C1CC1. The highest BCUT2D eigenvalue weighted by Gasteiger charge is 2.29. The van der Waals surface area contributed by atoms with Gasteiger partial charge in [0, 0.05) is 59.4 Å². The van der Waals surface area contributed by atoms with Crippen molar-refractivity contribution in [1.82, 2.24) is 9.88 Å². The smallest absolute Gasteiger partial charge is 0.255 e. The summed E-state index contributed by atoms with van der Waals surface area (Å²) in [6.45, 7) is 4.37. The van der Waals surface area contributed by atoms with Crippen LogP contribution < -0.4 is 5.32 Å². The quantitative estimate of drug-likeness (QED) is 0.539. The molecule has 0 atom stereocenters. The van der Waals surface area contributed by atoms with Crippen LogP contribution in [0, 0.1) is 12.7 Å². The fraction of sp³-hybridized carbons (Fsp3) is 0.360. The van der Waals surface area contributed by atoms with Crippen LogP contribution >= 0.6 is 11.8 Å². The van der Waals surface area contributed by atoms with Crippen LogP contribution in [0.3, 0.4) is 0 Å². The van der Waals surface area contributed by atoms with E-state index in [0.29, 0.717) is 35.2 Å². The van der Waals surface area contributed by atoms with Gasteiger partial charge in [0.25, 0.3) is 5.91 Å². The first-order valence-electron chi connectivity index (χ1n) is 11.0. The number of oxazole rings is 1. The molecule has 2 aromatic carbocycles. The van der Waals surface area contributed by atoms with E-state index >= 15 is 0 Å². The zero-order chi connectivity index (χ0) is 22.1. The lowest BCUT2D eigenvalue weighted by Gasteiger charge is -2.26. The third-order valence-electron chi connectivity index (χ3n) is 5.99. The third-order valence-corrected chi connectivity index (χ3v) is 6.93. The van der Waals surface area contributed by atoms with Crippen molar-refractivity contribution in [3.05, 3.63) is 70.9 Å². The predicted molar refractivity (Wildman–Crippen MR) is 126 cm³/mol. The van der Waals surface area contributed by atoms with Gasteiger partial charge in [0.1, 0.15) is 11.6 Å². The lowest BCUT2D eigenvalue weighted by Crippen LogP contribution is -2.32. The van der Waals surface area contributed by atoms with E-state index in [4.69, 9.17) is 4.42 Å². The predicted octanol–water partition coefficient (Wildman–Crippen LogP) is 5.47. The number of amides is 1. The standard InChI is InChI=1S/C25H26FN3O2S/c1-16-23(17-2-3-17)28-25(31-16)18-4-7-21(8-5-18)27-24(30)19-6-9-22(26)20(14-19)15-29-10-12-32-13-11-29/h4-9,14,17H,2-3,10-13,15H2,1H3,(H,27,30). The van der Waals surface area contributed by atoms with Crippen LogP contribution in [0.25, 0.3) is 11.5 Å². The molecule has 166 valence electrons. The maximum Gasteiger partial charge on any atom is 0.255 e. The van der Waals surface area contributed by atoms with Gasteiger partial charge in [-0.3, -0.25) is 9.69 Å². The Kier molecular flexibility index (Phi) is 6.02. The molecule has 0 unspecified atom stereocenters. The highest BCUT2D eigenvalue weighted by atomic mass is 32.2. The summed E-state index contributed by atoms with van der Waals surface area (Å²) < 4.78 is 20.2. The number of benzene rings is 2. The molecule has 1 aliphatic heterocycles. The number of aromatic nitrogens is 1. The van der Waals surface area contributed by atoms with Gasteiger partial charge in [0.15, 0.2) is 0 Å². The Hall–Kier alpha value is -2.64. The molecule has 1 saturated heterocycles. The molecular weight excluding hydrogens is 425 g/mol. The summed E-state index contributed by atoms with van der Waals surface area (Å²) in [5.74, 6) is 3.64. The molecule has 1 amide bonds. The largest absolute Gasteiger partial charge is 0.441 e. The van der Waals surface area contributed by atoms with E-state index in [1.807, 2.05) is 43.0 Å². The molecular formula is C25H26FN3O2S. The first kappa shape index (κ1) is 21.2. The Morgan fingerprint density at radius 1 is 1.19 bits per heavy atom. The van der Waals surface area contributed by atoms with E-state index in [-0.39, 0.29) is 11.7 Å². The van der Waals surface area contributed by atoms with Crippen molar-refractivity contribution in [1.29, 1.82) is 0 Å². The normalized spacial score (nSPS) is 16.8. The number of anilines is 1. The minimum absolute atomic E-state index is 0.254. The zero-order valence-corrected chi connectivity index (χ0v) is 18.9. The highest BCUT2D eigenvalue weighted by molar-refractivity contribution is 7.99. The molecule has 1 aromatic heterocycles. The van der Waals surface area contributed by atoms with E-state index in [1.54, 1.807) is 6.07 Å². The van der Waals surface area contributed by atoms with Gasteiger partial charge in [-0.15, -0.1) is 0 Å². The second kappa shape index (κ2) is 9.08. The topological polar surface area (TPSA) is 58.4 Å². The number of hydrogen-bond donors (Lipinski definition) is 1. The number of nitrogens with one attached hydrogen (secondary N) is 1. The number of aryl methyl sites for hydroxylation is 1. The Morgan fingerprint density at radius 3 is 2.66 bits per heavy atom. The van der Waals surface area contributed by atoms with E-state index in [1.165, 1.54) is 25.0 Å². The first-order chi connectivity index (χ1) is 15.6. The van der Waals surface area contributed by atoms with E-state index < -0.39 is 0 Å². The second-order valence-corrected chi connectivity index (χ2v) is 9.69. The van der Waals surface area contributed by atoms with E-state index in [9.17, 15) is 9.18 Å². The van der Waals surface area contributed by atoms with Crippen molar-refractivity contribution in [2.75, 3.05) is 29.9 Å². The first-order valence-corrected chi connectivity index (χ1v) is 12.2. The molecule has 7 heteroatoms. The lowest BCUT2D eigenvalue weighted by molar-refractivity contribution is 0.102. The molecule has 0 bridgehead atoms. The summed E-state index contributed by atoms with van der Waals surface area (Å²) in [7, 11) is 0. The van der Waals surface area contributed by atoms with Crippen molar-refractivity contribution < 1.29 is 13.6 Å². The van der Waals surface area contributed by atoms with Gasteiger partial charge in [0.05, 0.1) is 5.69 Å². The van der Waals surface area contributed by atoms with Crippen LogP contribution in [-0.2, 0) is 6.54 Å². The van der Waals surface area contributed by atoms with Crippen molar-refractivity contribution in [3.8, 4) is 11.5 Å². The highest BCUT2D eigenvalue weighted by Crippen LogP contribution is 2.42. The van der Waals surface area contributed by atoms with Gasteiger partial charge in [-0.1, -0.05) is 0 Å². The van der Waals surface area contributed by atoms with Crippen molar-refractivity contribution in [2.45, 2.75) is 32.2 Å². The van der Waals surface area contributed by atoms with Crippen molar-refractivity contribution in [3.63, 3.8) is 0 Å². The van der Waals surface area contributed by atoms with E-state index in [2.05, 4.69) is 15.2 Å². The Morgan fingerprint density at radius 2 is 1.94 bits per heavy atom. The van der Waals surface area contributed by atoms with Gasteiger partial charge >= 0.3 is 0 Å². The molecule has 1 N–H and O–H groups in total. The van der Waals surface area contributed by atoms with Gasteiger partial charge < -0.3 is 9.73 Å². The van der Waals surface area contributed by atoms with Crippen LogP contribution in [0.15, 0.2) is 46.9 Å². The number of thioether (sulfide) groups is 1. The van der Waals surface area contributed by atoms with Crippen LogP contribution in [0.5, 0.6) is 0 Å². The maximum absolute atomic E-state index is 14.3. The summed E-state index contributed by atoms with van der Waals surface area (Å²) in [5, 5.41) is 2.90. The number of carbonyl (C=O) groups excluding carboxylic acids is 1. The molecule has 2 fully saturated rings. The molecule has 1 saturated carbocycles. The van der Waals surface area contributed by atoms with Crippen LogP contribution in [0.4, 0.5) is 10.1 Å². The van der Waals surface area contributed by atoms with Crippen molar-refractivity contribution in [2.24, 2.45) is 0 Å². The lowest BCUT2D eigenvalue weighted by atomic mass is 10.1. The number of rotatable bonds is 6. The second-order valence-electron chi connectivity index (χ2n) is 8.46. The van der Waals surface area contributed by atoms with Crippen LogP contribution in [-0.4, -0.2) is 40.4 Å². The molecule has 1 aliphatic carbocycles. The summed E-state index contributed by atoms with van der Waals surface area (Å²) in [6.07, 6.45) is 2.36. The molecule has 2 aliphatic rings. The van der Waals surface area contributed by atoms with Crippen LogP contribution in [0.2, 0.25) is 0 Å². The summed E-state index contributed by atoms with van der Waals surface area (Å²) in [4.78, 5) is 19.7. The number of carbonyl (C=O) groups is 1. The molecule has 2 heterocycles. The molecule has 0 spiro atoms. The molecule has 3 aromatic rings. The fourth-order valence-corrected chi connectivity index (χ4v) is 4.98. The van der Waals surface area contributed by atoms with E-state index in [0.717, 1.165) is 41.6 Å². The molecule has 5 rings (SSSR count). The summed E-state index contributed by atoms with van der Waals surface area (Å²) in [5.41, 5.74) is 3.62. The molecule has 32 heavy (non-hydrogen) atoms. The average molecular weight is 452 g/mol. The summed E-state index contributed by atoms with van der Waals surface area (Å²) >= 11 is 1.92. The average Bonchev–Trinajstić information content (AvgIpc) is 3.58. The van der Waals surface area contributed by atoms with Gasteiger partial charge in [-0.2, -0.15) is 11.8 Å². The van der Waals surface area contributed by atoms with Crippen molar-refractivity contribution >= 4 is 23.4 Å². The monoisotopic (exact) mass is 451 g/mol. The summed E-state index contributed by atoms with van der Waals surface area (Å²) in [6, 6.07) is 12.0. The van der Waals surface area contributed by atoms with Crippen LogP contribution in [0.1, 0.15) is 46.1 Å².